The molecule has 0 atom stereocenters. The first kappa shape index (κ1) is 8.01. The van der Waals surface area contributed by atoms with Gasteiger partial charge in [-0.25, -0.2) is 0 Å². The van der Waals surface area contributed by atoms with Gasteiger partial charge in [0.2, 0.25) is 5.91 Å². The van der Waals surface area contributed by atoms with Gasteiger partial charge in [-0.3, -0.25) is 4.79 Å². The van der Waals surface area contributed by atoms with Gasteiger partial charge in [-0.05, 0) is 12.1 Å². The van der Waals surface area contributed by atoms with E-state index in [0.29, 0.717) is 5.56 Å². The van der Waals surface area contributed by atoms with Crippen molar-refractivity contribution in [1.29, 1.82) is 0 Å². The predicted octanol–water partition coefficient (Wildman–Crippen LogP) is 0.842. The molecule has 1 aromatic rings. The molecule has 0 saturated carbocycles. The first-order valence-corrected chi connectivity index (χ1v) is 3.71. The van der Waals surface area contributed by atoms with Crippen LogP contribution in [0.15, 0.2) is 30.3 Å². The molecule has 0 heterocycles. The van der Waals surface area contributed by atoms with Crippen LogP contribution >= 0.6 is 0 Å². The van der Waals surface area contributed by atoms with Gasteiger partial charge in [-0.2, -0.15) is 0 Å². The number of nitrogens with zero attached hydrogens (tertiary/aromatic N) is 1. The standard InChI is InChI=1S/C8H8NOSi/c1-9(11)8(10)7-5-3-2-4-6-7/h2-6H,1H3. The van der Waals surface area contributed by atoms with E-state index >= 15 is 0 Å². The zero-order chi connectivity index (χ0) is 8.27. The summed E-state index contributed by atoms with van der Waals surface area (Å²) in [7, 11) is 4.77. The Morgan fingerprint density at radius 1 is 1.36 bits per heavy atom. The minimum absolute atomic E-state index is 0.0396. The second-order valence-electron chi connectivity index (χ2n) is 2.23. The van der Waals surface area contributed by atoms with E-state index in [9.17, 15) is 4.79 Å². The van der Waals surface area contributed by atoms with Crippen molar-refractivity contribution in [3.63, 3.8) is 0 Å². The highest BCUT2D eigenvalue weighted by molar-refractivity contribution is 6.17. The Balaban J connectivity index is 2.86. The van der Waals surface area contributed by atoms with Crippen molar-refractivity contribution in [2.45, 2.75) is 0 Å². The molecule has 0 bridgehead atoms. The molecule has 0 aliphatic rings. The van der Waals surface area contributed by atoms with Crippen LogP contribution in [-0.2, 0) is 0 Å². The molecule has 2 nitrogen and oxygen atoms in total. The summed E-state index contributed by atoms with van der Waals surface area (Å²) in [6.07, 6.45) is 0. The molecule has 0 spiro atoms. The van der Waals surface area contributed by atoms with E-state index in [2.05, 4.69) is 10.4 Å². The van der Waals surface area contributed by atoms with Crippen LogP contribution in [0.2, 0.25) is 0 Å². The van der Waals surface area contributed by atoms with E-state index in [4.69, 9.17) is 0 Å². The second kappa shape index (κ2) is 3.34. The van der Waals surface area contributed by atoms with E-state index in [0.717, 1.165) is 0 Å². The average Bonchev–Trinajstić information content (AvgIpc) is 2.05. The summed E-state index contributed by atoms with van der Waals surface area (Å²) >= 11 is 0. The molecule has 0 fully saturated rings. The van der Waals surface area contributed by atoms with Crippen LogP contribution in [-0.4, -0.2) is 27.9 Å². The van der Waals surface area contributed by atoms with Crippen molar-refractivity contribution in [2.24, 2.45) is 0 Å². The van der Waals surface area contributed by atoms with Gasteiger partial charge in [0.1, 0.15) is 0 Å². The molecule has 11 heavy (non-hydrogen) atoms. The van der Waals surface area contributed by atoms with E-state index < -0.39 is 0 Å². The number of benzene rings is 1. The van der Waals surface area contributed by atoms with Crippen molar-refractivity contribution in [3.05, 3.63) is 35.9 Å². The van der Waals surface area contributed by atoms with Crippen LogP contribution in [0.4, 0.5) is 0 Å². The molecule has 1 amide bonds. The minimum Gasteiger partial charge on any atom is -0.370 e. The van der Waals surface area contributed by atoms with Crippen LogP contribution in [0.1, 0.15) is 10.4 Å². The normalized spacial score (nSPS) is 9.27. The number of carbonyl (C=O) groups excluding carboxylic acids is 1. The highest BCUT2D eigenvalue weighted by atomic mass is 28.2. The van der Waals surface area contributed by atoms with Gasteiger partial charge in [0.25, 0.3) is 0 Å². The lowest BCUT2D eigenvalue weighted by Gasteiger charge is -2.08. The van der Waals surface area contributed by atoms with Gasteiger partial charge in [0.15, 0.2) is 10.4 Å². The minimum atomic E-state index is -0.0396. The van der Waals surface area contributed by atoms with E-state index in [1.54, 1.807) is 19.2 Å². The molecule has 0 N–H and O–H groups in total. The van der Waals surface area contributed by atoms with E-state index in [1.165, 1.54) is 4.57 Å². The topological polar surface area (TPSA) is 20.3 Å². The third kappa shape index (κ3) is 1.91. The summed E-state index contributed by atoms with van der Waals surface area (Å²) in [6.45, 7) is 0. The van der Waals surface area contributed by atoms with Crippen LogP contribution < -0.4 is 0 Å². The molecule has 1 rings (SSSR count). The monoisotopic (exact) mass is 162 g/mol. The largest absolute Gasteiger partial charge is 0.370 e. The van der Waals surface area contributed by atoms with Crippen molar-refractivity contribution in [3.8, 4) is 0 Å². The quantitative estimate of drug-likeness (QED) is 0.560. The first-order valence-electron chi connectivity index (χ1n) is 3.26. The molecule has 3 heteroatoms. The highest BCUT2D eigenvalue weighted by Crippen LogP contribution is 2.00. The van der Waals surface area contributed by atoms with E-state index in [1.807, 2.05) is 18.2 Å². The van der Waals surface area contributed by atoms with Crippen molar-refractivity contribution in [2.75, 3.05) is 7.05 Å². The third-order valence-corrected chi connectivity index (χ3v) is 1.53. The van der Waals surface area contributed by atoms with Gasteiger partial charge in [0, 0.05) is 12.6 Å². The second-order valence-corrected chi connectivity index (χ2v) is 2.90. The van der Waals surface area contributed by atoms with Gasteiger partial charge in [0.05, 0.1) is 0 Å². The van der Waals surface area contributed by atoms with Crippen LogP contribution in [0.3, 0.4) is 0 Å². The lowest BCUT2D eigenvalue weighted by Crippen LogP contribution is -2.23. The van der Waals surface area contributed by atoms with Crippen molar-refractivity contribution in [1.82, 2.24) is 4.57 Å². The number of carbonyl (C=O) groups is 1. The molecular weight excluding hydrogens is 154 g/mol. The van der Waals surface area contributed by atoms with Gasteiger partial charge in [-0.15, -0.1) is 0 Å². The lowest BCUT2D eigenvalue weighted by atomic mass is 10.2. The molecule has 0 aliphatic carbocycles. The molecule has 0 aliphatic heterocycles. The maximum Gasteiger partial charge on any atom is 0.245 e. The number of hydrogen-bond acceptors (Lipinski definition) is 1. The number of rotatable bonds is 1. The van der Waals surface area contributed by atoms with Crippen LogP contribution in [0.25, 0.3) is 0 Å². The first-order chi connectivity index (χ1) is 5.22. The molecule has 0 saturated heterocycles. The summed E-state index contributed by atoms with van der Waals surface area (Å²) in [5.74, 6) is -0.0396. The Hall–Kier alpha value is -1.09. The third-order valence-electron chi connectivity index (χ3n) is 1.33. The maximum absolute atomic E-state index is 11.2. The molecule has 0 aromatic heterocycles. The molecule has 1 aromatic carbocycles. The van der Waals surface area contributed by atoms with Gasteiger partial charge in [-0.1, -0.05) is 18.2 Å². The fraction of sp³-hybridized carbons (Fsp3) is 0.125. The Labute approximate surface area is 69.3 Å². The lowest BCUT2D eigenvalue weighted by molar-refractivity contribution is 0.0884. The predicted molar refractivity (Wildman–Crippen MR) is 44.3 cm³/mol. The fourth-order valence-corrected chi connectivity index (χ4v) is 0.903. The van der Waals surface area contributed by atoms with Crippen molar-refractivity contribution >= 4 is 16.3 Å². The average molecular weight is 162 g/mol. The molecule has 3 radical (unpaired) electrons. The number of amides is 1. The fourth-order valence-electron chi connectivity index (χ4n) is 0.774. The number of hydrogen-bond donors (Lipinski definition) is 0. The summed E-state index contributed by atoms with van der Waals surface area (Å²) in [5.41, 5.74) is 0.685. The molecule has 55 valence electrons. The highest BCUT2D eigenvalue weighted by Gasteiger charge is 2.04. The Morgan fingerprint density at radius 2 is 1.91 bits per heavy atom. The molecular formula is C8H8NOSi. The summed E-state index contributed by atoms with van der Waals surface area (Å²) in [6, 6.07) is 9.11. The van der Waals surface area contributed by atoms with Crippen LogP contribution in [0.5, 0.6) is 0 Å². The summed E-state index contributed by atoms with van der Waals surface area (Å²) in [5, 5.41) is 0. The van der Waals surface area contributed by atoms with Crippen molar-refractivity contribution < 1.29 is 4.79 Å². The zero-order valence-corrected chi connectivity index (χ0v) is 7.24. The maximum atomic E-state index is 11.2. The Morgan fingerprint density at radius 3 is 2.36 bits per heavy atom. The molecule has 0 unspecified atom stereocenters. The smallest absolute Gasteiger partial charge is 0.245 e. The Bertz CT molecular complexity index is 246. The zero-order valence-electron chi connectivity index (χ0n) is 6.24. The Kier molecular flexibility index (Phi) is 2.43. The summed E-state index contributed by atoms with van der Waals surface area (Å²) < 4.78 is 1.37. The SMILES string of the molecule is CN([Si])C(=O)c1ccccc1. The van der Waals surface area contributed by atoms with Gasteiger partial charge < -0.3 is 4.57 Å². The van der Waals surface area contributed by atoms with Gasteiger partial charge >= 0.3 is 0 Å². The van der Waals surface area contributed by atoms with Crippen LogP contribution in [0, 0.1) is 0 Å². The van der Waals surface area contributed by atoms with E-state index in [-0.39, 0.29) is 5.91 Å². The summed E-state index contributed by atoms with van der Waals surface area (Å²) in [4.78, 5) is 11.2.